The molecule has 0 saturated carbocycles. The van der Waals surface area contributed by atoms with Gasteiger partial charge in [-0.3, -0.25) is 0 Å². The fourth-order valence-corrected chi connectivity index (χ4v) is 1.93. The molecule has 3 heteroatoms. The lowest BCUT2D eigenvalue weighted by molar-refractivity contribution is 0.0106. The first-order valence-electron chi connectivity index (χ1n) is 5.28. The van der Waals surface area contributed by atoms with Gasteiger partial charge < -0.3 is 9.47 Å². The van der Waals surface area contributed by atoms with Crippen LogP contribution in [0.4, 0.5) is 0 Å². The van der Waals surface area contributed by atoms with Crippen molar-refractivity contribution in [3.05, 3.63) is 34.3 Å². The predicted molar refractivity (Wildman–Crippen MR) is 62.8 cm³/mol. The second kappa shape index (κ2) is 5.64. The van der Waals surface area contributed by atoms with E-state index in [9.17, 15) is 0 Å². The van der Waals surface area contributed by atoms with E-state index in [2.05, 4.69) is 28.1 Å². The minimum absolute atomic E-state index is 0.320. The monoisotopic (exact) mass is 270 g/mol. The molecule has 0 aromatic heterocycles. The summed E-state index contributed by atoms with van der Waals surface area (Å²) in [5, 5.41) is 0. The first-order chi connectivity index (χ1) is 7.34. The molecule has 1 aromatic rings. The average Bonchev–Trinajstić information content (AvgIpc) is 2.74. The van der Waals surface area contributed by atoms with Crippen molar-refractivity contribution < 1.29 is 9.47 Å². The summed E-state index contributed by atoms with van der Waals surface area (Å²) in [6, 6.07) is 8.20. The molecule has 1 atom stereocenters. The molecule has 0 bridgehead atoms. The molecule has 1 fully saturated rings. The van der Waals surface area contributed by atoms with Crippen LogP contribution in [0.15, 0.2) is 28.7 Å². The van der Waals surface area contributed by atoms with Crippen molar-refractivity contribution >= 4 is 15.9 Å². The Morgan fingerprint density at radius 3 is 2.80 bits per heavy atom. The maximum atomic E-state index is 5.60. The minimum atomic E-state index is 0.320. The van der Waals surface area contributed by atoms with Gasteiger partial charge in [-0.1, -0.05) is 28.1 Å². The van der Waals surface area contributed by atoms with Crippen molar-refractivity contribution in [2.75, 3.05) is 13.2 Å². The molecule has 1 aliphatic heterocycles. The quantitative estimate of drug-likeness (QED) is 0.837. The summed E-state index contributed by atoms with van der Waals surface area (Å²) in [5.41, 5.74) is 1.20. The third-order valence-electron chi connectivity index (χ3n) is 2.51. The Kier molecular flexibility index (Phi) is 4.18. The van der Waals surface area contributed by atoms with Crippen LogP contribution in [0.1, 0.15) is 18.4 Å². The Bertz CT molecular complexity index is 291. The van der Waals surface area contributed by atoms with E-state index in [-0.39, 0.29) is 0 Å². The molecule has 1 saturated heterocycles. The minimum Gasteiger partial charge on any atom is -0.376 e. The lowest BCUT2D eigenvalue weighted by Crippen LogP contribution is -2.13. The highest BCUT2D eigenvalue weighted by atomic mass is 79.9. The molecular weight excluding hydrogens is 256 g/mol. The summed E-state index contributed by atoms with van der Waals surface area (Å²) in [4.78, 5) is 0. The highest BCUT2D eigenvalue weighted by Crippen LogP contribution is 2.14. The molecule has 0 radical (unpaired) electrons. The summed E-state index contributed by atoms with van der Waals surface area (Å²) in [5.74, 6) is 0. The van der Waals surface area contributed by atoms with E-state index < -0.39 is 0 Å². The van der Waals surface area contributed by atoms with E-state index in [1.165, 1.54) is 12.0 Å². The Labute approximate surface area is 98.7 Å². The smallest absolute Gasteiger partial charge is 0.0809 e. The van der Waals surface area contributed by atoms with Crippen molar-refractivity contribution in [1.82, 2.24) is 0 Å². The van der Waals surface area contributed by atoms with Gasteiger partial charge in [0.25, 0.3) is 0 Å². The molecule has 2 rings (SSSR count). The lowest BCUT2D eigenvalue weighted by atomic mass is 10.2. The Hall–Kier alpha value is -0.380. The van der Waals surface area contributed by atoms with Gasteiger partial charge in [-0.15, -0.1) is 0 Å². The molecule has 2 nitrogen and oxygen atoms in total. The van der Waals surface area contributed by atoms with Gasteiger partial charge in [0.05, 0.1) is 19.3 Å². The van der Waals surface area contributed by atoms with Gasteiger partial charge in [0.1, 0.15) is 0 Å². The van der Waals surface area contributed by atoms with Crippen molar-refractivity contribution in [3.8, 4) is 0 Å². The first kappa shape index (κ1) is 11.1. The first-order valence-corrected chi connectivity index (χ1v) is 6.08. The summed E-state index contributed by atoms with van der Waals surface area (Å²) in [7, 11) is 0. The zero-order valence-electron chi connectivity index (χ0n) is 8.62. The van der Waals surface area contributed by atoms with Crippen molar-refractivity contribution in [2.24, 2.45) is 0 Å². The number of rotatable bonds is 4. The van der Waals surface area contributed by atoms with Crippen LogP contribution in [0.5, 0.6) is 0 Å². The molecule has 1 unspecified atom stereocenters. The van der Waals surface area contributed by atoms with Gasteiger partial charge >= 0.3 is 0 Å². The van der Waals surface area contributed by atoms with Crippen LogP contribution in [0.3, 0.4) is 0 Å². The van der Waals surface area contributed by atoms with Crippen LogP contribution in [-0.2, 0) is 16.1 Å². The lowest BCUT2D eigenvalue weighted by Gasteiger charge is -2.09. The summed E-state index contributed by atoms with van der Waals surface area (Å²) >= 11 is 3.41. The van der Waals surface area contributed by atoms with Gasteiger partial charge in [0, 0.05) is 11.1 Å². The Morgan fingerprint density at radius 1 is 1.33 bits per heavy atom. The highest BCUT2D eigenvalue weighted by Gasteiger charge is 2.14. The fraction of sp³-hybridized carbons (Fsp3) is 0.500. The van der Waals surface area contributed by atoms with Crippen LogP contribution in [-0.4, -0.2) is 19.3 Å². The molecule has 0 amide bonds. The van der Waals surface area contributed by atoms with Crippen LogP contribution in [0.25, 0.3) is 0 Å². The number of halogens is 1. The molecule has 1 heterocycles. The van der Waals surface area contributed by atoms with Crippen LogP contribution in [0.2, 0.25) is 0 Å². The standard InChI is InChI=1S/C12H15BrO2/c13-11-5-3-10(4-6-11)8-14-9-12-2-1-7-15-12/h3-6,12H,1-2,7-9H2. The maximum absolute atomic E-state index is 5.60. The SMILES string of the molecule is Brc1ccc(COCC2CCCO2)cc1. The number of ether oxygens (including phenoxy) is 2. The Balaban J connectivity index is 1.71. The van der Waals surface area contributed by atoms with E-state index in [0.29, 0.717) is 12.7 Å². The number of benzene rings is 1. The topological polar surface area (TPSA) is 18.5 Å². The van der Waals surface area contributed by atoms with E-state index in [1.807, 2.05) is 12.1 Å². The third kappa shape index (κ3) is 3.59. The summed E-state index contributed by atoms with van der Waals surface area (Å²) < 4.78 is 12.2. The molecule has 0 spiro atoms. The van der Waals surface area contributed by atoms with Crippen LogP contribution >= 0.6 is 15.9 Å². The molecule has 0 N–H and O–H groups in total. The average molecular weight is 271 g/mol. The molecule has 1 aliphatic rings. The van der Waals surface area contributed by atoms with Gasteiger partial charge in [-0.2, -0.15) is 0 Å². The van der Waals surface area contributed by atoms with Crippen molar-refractivity contribution in [3.63, 3.8) is 0 Å². The summed E-state index contributed by atoms with van der Waals surface area (Å²) in [6.45, 7) is 2.29. The molecule has 1 aromatic carbocycles. The zero-order valence-corrected chi connectivity index (χ0v) is 10.2. The van der Waals surface area contributed by atoms with Crippen molar-refractivity contribution in [1.29, 1.82) is 0 Å². The predicted octanol–water partition coefficient (Wildman–Crippen LogP) is 3.14. The number of hydrogen-bond donors (Lipinski definition) is 0. The summed E-state index contributed by atoms with van der Waals surface area (Å²) in [6.07, 6.45) is 2.63. The fourth-order valence-electron chi connectivity index (χ4n) is 1.66. The maximum Gasteiger partial charge on any atom is 0.0809 e. The van der Waals surface area contributed by atoms with Gasteiger partial charge in [0.2, 0.25) is 0 Å². The van der Waals surface area contributed by atoms with Crippen LogP contribution < -0.4 is 0 Å². The highest BCUT2D eigenvalue weighted by molar-refractivity contribution is 9.10. The van der Waals surface area contributed by atoms with Crippen molar-refractivity contribution in [2.45, 2.75) is 25.6 Å². The largest absolute Gasteiger partial charge is 0.376 e. The Morgan fingerprint density at radius 2 is 2.13 bits per heavy atom. The normalized spacial score (nSPS) is 20.7. The third-order valence-corrected chi connectivity index (χ3v) is 3.04. The van der Waals surface area contributed by atoms with E-state index >= 15 is 0 Å². The van der Waals surface area contributed by atoms with E-state index in [4.69, 9.17) is 9.47 Å². The molecular formula is C12H15BrO2. The molecule has 82 valence electrons. The van der Waals surface area contributed by atoms with E-state index in [0.717, 1.165) is 24.1 Å². The van der Waals surface area contributed by atoms with Gasteiger partial charge in [-0.05, 0) is 30.5 Å². The van der Waals surface area contributed by atoms with Gasteiger partial charge in [0.15, 0.2) is 0 Å². The number of hydrogen-bond acceptors (Lipinski definition) is 2. The zero-order chi connectivity index (χ0) is 10.5. The van der Waals surface area contributed by atoms with Crippen LogP contribution in [0, 0.1) is 0 Å². The van der Waals surface area contributed by atoms with E-state index in [1.54, 1.807) is 0 Å². The van der Waals surface area contributed by atoms with Gasteiger partial charge in [-0.25, -0.2) is 0 Å². The second-order valence-electron chi connectivity index (χ2n) is 3.78. The molecule has 15 heavy (non-hydrogen) atoms. The molecule has 0 aliphatic carbocycles. The second-order valence-corrected chi connectivity index (χ2v) is 4.69.